The highest BCUT2D eigenvalue weighted by atomic mass is 16.5. The van der Waals surface area contributed by atoms with Crippen LogP contribution in [0, 0.1) is 0 Å². The monoisotopic (exact) mass is 331 g/mol. The van der Waals surface area contributed by atoms with Gasteiger partial charge in [0.15, 0.2) is 0 Å². The van der Waals surface area contributed by atoms with Crippen LogP contribution in [0.15, 0.2) is 28.2 Å². The standard InChI is InChI=1S/C20H29NO3/c1-16-7-13-23-20(14-16)8-10-21(11-9-20)15-17-5-6-19(24-17)18-4-2-3-12-22-18/h5-6,14,18H,2-4,7-13,15H2,1H3. The van der Waals surface area contributed by atoms with E-state index in [-0.39, 0.29) is 11.7 Å². The van der Waals surface area contributed by atoms with Crippen LogP contribution in [0.2, 0.25) is 0 Å². The van der Waals surface area contributed by atoms with E-state index in [1.54, 1.807) is 0 Å². The van der Waals surface area contributed by atoms with Gasteiger partial charge in [0.2, 0.25) is 0 Å². The van der Waals surface area contributed by atoms with Crippen LogP contribution >= 0.6 is 0 Å². The zero-order valence-electron chi connectivity index (χ0n) is 14.8. The summed E-state index contributed by atoms with van der Waals surface area (Å²) in [7, 11) is 0. The van der Waals surface area contributed by atoms with Gasteiger partial charge in [0, 0.05) is 19.7 Å². The molecule has 3 aliphatic heterocycles. The third kappa shape index (κ3) is 3.61. The second kappa shape index (κ2) is 7.03. The number of rotatable bonds is 3. The Bertz CT molecular complexity index is 577. The molecule has 1 atom stereocenters. The van der Waals surface area contributed by atoms with E-state index in [4.69, 9.17) is 13.9 Å². The topological polar surface area (TPSA) is 34.8 Å². The fourth-order valence-corrected chi connectivity index (χ4v) is 4.19. The van der Waals surface area contributed by atoms with E-state index >= 15 is 0 Å². The largest absolute Gasteiger partial charge is 0.462 e. The van der Waals surface area contributed by atoms with Crippen LogP contribution in [0.3, 0.4) is 0 Å². The van der Waals surface area contributed by atoms with Crippen LogP contribution in [-0.4, -0.2) is 36.8 Å². The van der Waals surface area contributed by atoms with Crippen molar-refractivity contribution < 1.29 is 13.9 Å². The number of nitrogens with zero attached hydrogens (tertiary/aromatic N) is 1. The normalized spacial score (nSPS) is 28.0. The highest BCUT2D eigenvalue weighted by Gasteiger charge is 2.35. The fourth-order valence-electron chi connectivity index (χ4n) is 4.19. The predicted octanol–water partition coefficient (Wildman–Crippen LogP) is 4.22. The van der Waals surface area contributed by atoms with Crippen molar-refractivity contribution in [3.05, 3.63) is 35.3 Å². The maximum atomic E-state index is 6.12. The molecule has 0 aliphatic carbocycles. The SMILES string of the molecule is CC1=CC2(CCN(Cc3ccc(C4CCCCO4)o3)CC2)OCC1. The summed E-state index contributed by atoms with van der Waals surface area (Å²) in [6, 6.07) is 4.23. The molecule has 1 aromatic rings. The molecule has 2 saturated heterocycles. The Morgan fingerprint density at radius 2 is 2.04 bits per heavy atom. The molecule has 4 rings (SSSR count). The molecule has 0 radical (unpaired) electrons. The van der Waals surface area contributed by atoms with Gasteiger partial charge >= 0.3 is 0 Å². The van der Waals surface area contributed by atoms with E-state index in [1.165, 1.54) is 18.4 Å². The van der Waals surface area contributed by atoms with E-state index in [9.17, 15) is 0 Å². The Morgan fingerprint density at radius 1 is 1.17 bits per heavy atom. The van der Waals surface area contributed by atoms with Crippen LogP contribution < -0.4 is 0 Å². The van der Waals surface area contributed by atoms with E-state index in [1.807, 2.05) is 0 Å². The van der Waals surface area contributed by atoms with Crippen molar-refractivity contribution in [1.29, 1.82) is 0 Å². The molecular formula is C20H29NO3. The molecule has 4 heteroatoms. The van der Waals surface area contributed by atoms with Crippen molar-refractivity contribution in [2.75, 3.05) is 26.3 Å². The Morgan fingerprint density at radius 3 is 2.79 bits per heavy atom. The second-order valence-electron chi connectivity index (χ2n) is 7.59. The smallest absolute Gasteiger partial charge is 0.133 e. The minimum atomic E-state index is 0.00307. The fraction of sp³-hybridized carbons (Fsp3) is 0.700. The number of ether oxygens (including phenoxy) is 2. The first-order chi connectivity index (χ1) is 11.7. The van der Waals surface area contributed by atoms with E-state index in [0.29, 0.717) is 0 Å². The molecule has 0 aromatic carbocycles. The summed E-state index contributed by atoms with van der Waals surface area (Å²) in [6.45, 7) is 7.01. The predicted molar refractivity (Wildman–Crippen MR) is 92.8 cm³/mol. The second-order valence-corrected chi connectivity index (χ2v) is 7.59. The average Bonchev–Trinajstić information content (AvgIpc) is 3.07. The summed E-state index contributed by atoms with van der Waals surface area (Å²) in [6.07, 6.45) is 9.30. The summed E-state index contributed by atoms with van der Waals surface area (Å²) in [5.41, 5.74) is 1.49. The highest BCUT2D eigenvalue weighted by molar-refractivity contribution is 5.15. The first-order valence-electron chi connectivity index (χ1n) is 9.47. The molecule has 1 unspecified atom stereocenters. The van der Waals surface area contributed by atoms with Crippen LogP contribution in [0.1, 0.15) is 63.1 Å². The summed E-state index contributed by atoms with van der Waals surface area (Å²) >= 11 is 0. The summed E-state index contributed by atoms with van der Waals surface area (Å²) in [5, 5.41) is 0. The highest BCUT2D eigenvalue weighted by Crippen LogP contribution is 2.34. The van der Waals surface area contributed by atoms with Crippen molar-refractivity contribution >= 4 is 0 Å². The summed E-state index contributed by atoms with van der Waals surface area (Å²) in [5.74, 6) is 2.07. The van der Waals surface area contributed by atoms with Gasteiger partial charge < -0.3 is 13.9 Å². The third-order valence-electron chi connectivity index (χ3n) is 5.66. The lowest BCUT2D eigenvalue weighted by Gasteiger charge is -2.42. The molecule has 4 heterocycles. The Hall–Kier alpha value is -1.10. The Labute approximate surface area is 144 Å². The summed E-state index contributed by atoms with van der Waals surface area (Å²) < 4.78 is 18.0. The zero-order valence-corrected chi connectivity index (χ0v) is 14.8. The van der Waals surface area contributed by atoms with Gasteiger partial charge in [-0.25, -0.2) is 0 Å². The van der Waals surface area contributed by atoms with Gasteiger partial charge in [0.1, 0.15) is 17.6 Å². The van der Waals surface area contributed by atoms with Gasteiger partial charge in [-0.05, 0) is 57.6 Å². The third-order valence-corrected chi connectivity index (χ3v) is 5.66. The van der Waals surface area contributed by atoms with E-state index in [0.717, 1.165) is 70.1 Å². The molecule has 0 bridgehead atoms. The van der Waals surface area contributed by atoms with Crippen molar-refractivity contribution in [1.82, 2.24) is 4.90 Å². The van der Waals surface area contributed by atoms with Crippen LogP contribution in [0.25, 0.3) is 0 Å². The molecule has 0 N–H and O–H groups in total. The first kappa shape index (κ1) is 16.4. The minimum Gasteiger partial charge on any atom is -0.462 e. The van der Waals surface area contributed by atoms with Crippen molar-refractivity contribution in [2.45, 2.75) is 63.7 Å². The lowest BCUT2D eigenvalue weighted by atomic mass is 9.87. The van der Waals surface area contributed by atoms with E-state index < -0.39 is 0 Å². The van der Waals surface area contributed by atoms with Crippen molar-refractivity contribution in [2.24, 2.45) is 0 Å². The lowest BCUT2D eigenvalue weighted by molar-refractivity contribution is -0.0585. The molecule has 132 valence electrons. The van der Waals surface area contributed by atoms with Gasteiger partial charge in [0.25, 0.3) is 0 Å². The van der Waals surface area contributed by atoms with Crippen LogP contribution in [0.4, 0.5) is 0 Å². The molecule has 2 fully saturated rings. The maximum Gasteiger partial charge on any atom is 0.133 e. The quantitative estimate of drug-likeness (QED) is 0.777. The van der Waals surface area contributed by atoms with Gasteiger partial charge in [0.05, 0.1) is 18.8 Å². The number of likely N-dealkylation sites (tertiary alicyclic amines) is 1. The first-order valence-corrected chi connectivity index (χ1v) is 9.47. The van der Waals surface area contributed by atoms with Gasteiger partial charge in [-0.2, -0.15) is 0 Å². The van der Waals surface area contributed by atoms with Gasteiger partial charge in [-0.1, -0.05) is 11.6 Å². The summed E-state index contributed by atoms with van der Waals surface area (Å²) in [4.78, 5) is 2.48. The number of furan rings is 1. The Kier molecular flexibility index (Phi) is 4.79. The molecule has 1 aromatic heterocycles. The lowest BCUT2D eigenvalue weighted by Crippen LogP contribution is -2.46. The molecular weight excluding hydrogens is 302 g/mol. The number of piperidine rings is 1. The van der Waals surface area contributed by atoms with Gasteiger partial charge in [-0.15, -0.1) is 0 Å². The van der Waals surface area contributed by atoms with Crippen LogP contribution in [0.5, 0.6) is 0 Å². The van der Waals surface area contributed by atoms with Crippen molar-refractivity contribution in [3.8, 4) is 0 Å². The van der Waals surface area contributed by atoms with Gasteiger partial charge in [-0.3, -0.25) is 4.90 Å². The number of hydrogen-bond acceptors (Lipinski definition) is 4. The zero-order chi connectivity index (χ0) is 16.4. The van der Waals surface area contributed by atoms with Crippen LogP contribution in [-0.2, 0) is 16.0 Å². The molecule has 1 spiro atoms. The molecule has 3 aliphatic rings. The molecule has 0 saturated carbocycles. The van der Waals surface area contributed by atoms with Crippen molar-refractivity contribution in [3.63, 3.8) is 0 Å². The maximum absolute atomic E-state index is 6.12. The Balaban J connectivity index is 1.32. The number of hydrogen-bond donors (Lipinski definition) is 0. The molecule has 24 heavy (non-hydrogen) atoms. The average molecular weight is 331 g/mol. The van der Waals surface area contributed by atoms with E-state index in [2.05, 4.69) is 30.0 Å². The molecule has 4 nitrogen and oxygen atoms in total. The molecule has 0 amide bonds. The minimum absolute atomic E-state index is 0.00307.